The normalized spacial score (nSPS) is 19.4. The zero-order chi connectivity index (χ0) is 13.8. The number of anilines is 1. The second kappa shape index (κ2) is 6.33. The third kappa shape index (κ3) is 3.55. The molecule has 1 atom stereocenters. The Hall–Kier alpha value is -1.46. The van der Waals surface area contributed by atoms with Gasteiger partial charge < -0.3 is 10.2 Å². The SMILES string of the molecule is Cc1nnc(NC2CCN(CCc3ccccc3)C2)s1. The topological polar surface area (TPSA) is 41.1 Å². The van der Waals surface area contributed by atoms with Crippen molar-refractivity contribution in [3.63, 3.8) is 0 Å². The molecule has 4 nitrogen and oxygen atoms in total. The van der Waals surface area contributed by atoms with Gasteiger partial charge in [0.15, 0.2) is 0 Å². The quantitative estimate of drug-likeness (QED) is 0.918. The standard InChI is InChI=1S/C15H20N4S/c1-12-17-18-15(20-12)16-14-8-10-19(11-14)9-7-13-5-3-2-4-6-13/h2-6,14H,7-11H2,1H3,(H,16,18). The number of likely N-dealkylation sites (tertiary alicyclic amines) is 1. The van der Waals surface area contributed by atoms with Crippen molar-refractivity contribution in [2.45, 2.75) is 25.8 Å². The first-order valence-electron chi connectivity index (χ1n) is 7.12. The molecule has 1 fully saturated rings. The molecule has 5 heteroatoms. The maximum atomic E-state index is 4.14. The van der Waals surface area contributed by atoms with Gasteiger partial charge in [0.2, 0.25) is 5.13 Å². The van der Waals surface area contributed by atoms with Gasteiger partial charge in [0.05, 0.1) is 0 Å². The molecule has 0 amide bonds. The first-order chi connectivity index (χ1) is 9.79. The predicted octanol–water partition coefficient (Wildman–Crippen LogP) is 2.58. The van der Waals surface area contributed by atoms with E-state index in [1.807, 2.05) is 6.92 Å². The number of hydrogen-bond donors (Lipinski definition) is 1. The van der Waals surface area contributed by atoms with E-state index in [0.29, 0.717) is 6.04 Å². The van der Waals surface area contributed by atoms with Crippen LogP contribution in [0.4, 0.5) is 5.13 Å². The lowest BCUT2D eigenvalue weighted by Crippen LogP contribution is -2.27. The highest BCUT2D eigenvalue weighted by Crippen LogP contribution is 2.19. The molecule has 1 saturated heterocycles. The molecular formula is C15H20N4S. The minimum Gasteiger partial charge on any atom is -0.356 e. The molecular weight excluding hydrogens is 268 g/mol. The van der Waals surface area contributed by atoms with Crippen LogP contribution >= 0.6 is 11.3 Å². The molecule has 0 spiro atoms. The van der Waals surface area contributed by atoms with Gasteiger partial charge in [-0.15, -0.1) is 10.2 Å². The highest BCUT2D eigenvalue weighted by atomic mass is 32.1. The fraction of sp³-hybridized carbons (Fsp3) is 0.467. The van der Waals surface area contributed by atoms with Crippen molar-refractivity contribution < 1.29 is 0 Å². The molecule has 106 valence electrons. The van der Waals surface area contributed by atoms with Crippen LogP contribution in [0, 0.1) is 6.92 Å². The van der Waals surface area contributed by atoms with Crippen molar-refractivity contribution in [1.29, 1.82) is 0 Å². The van der Waals surface area contributed by atoms with Crippen LogP contribution in [0.1, 0.15) is 17.0 Å². The fourth-order valence-corrected chi connectivity index (χ4v) is 3.28. The van der Waals surface area contributed by atoms with Crippen LogP contribution in [0.3, 0.4) is 0 Å². The van der Waals surface area contributed by atoms with Gasteiger partial charge in [-0.2, -0.15) is 0 Å². The molecule has 1 unspecified atom stereocenters. The zero-order valence-corrected chi connectivity index (χ0v) is 12.6. The summed E-state index contributed by atoms with van der Waals surface area (Å²) in [6, 6.07) is 11.2. The Balaban J connectivity index is 1.45. The summed E-state index contributed by atoms with van der Waals surface area (Å²) in [5.74, 6) is 0. The molecule has 2 heterocycles. The molecule has 0 saturated carbocycles. The lowest BCUT2D eigenvalue weighted by molar-refractivity contribution is 0.340. The second-order valence-corrected chi connectivity index (χ2v) is 6.47. The van der Waals surface area contributed by atoms with Crippen LogP contribution in [-0.4, -0.2) is 40.8 Å². The van der Waals surface area contributed by atoms with E-state index in [2.05, 4.69) is 50.7 Å². The minimum atomic E-state index is 0.512. The molecule has 0 aliphatic carbocycles. The van der Waals surface area contributed by atoms with Crippen LogP contribution in [0.15, 0.2) is 30.3 Å². The van der Waals surface area contributed by atoms with Crippen molar-refractivity contribution in [3.8, 4) is 0 Å². The molecule has 0 radical (unpaired) electrons. The summed E-state index contributed by atoms with van der Waals surface area (Å²) >= 11 is 1.63. The number of hydrogen-bond acceptors (Lipinski definition) is 5. The number of aryl methyl sites for hydroxylation is 1. The molecule has 20 heavy (non-hydrogen) atoms. The molecule has 0 bridgehead atoms. The number of benzene rings is 1. The third-order valence-electron chi connectivity index (χ3n) is 3.69. The Kier molecular flexibility index (Phi) is 4.28. The lowest BCUT2D eigenvalue weighted by atomic mass is 10.1. The van der Waals surface area contributed by atoms with Gasteiger partial charge in [-0.25, -0.2) is 0 Å². The smallest absolute Gasteiger partial charge is 0.205 e. The summed E-state index contributed by atoms with van der Waals surface area (Å²) in [7, 11) is 0. The molecule has 1 aliphatic heterocycles. The van der Waals surface area contributed by atoms with Crippen LogP contribution in [-0.2, 0) is 6.42 Å². The number of rotatable bonds is 5. The molecule has 1 N–H and O–H groups in total. The van der Waals surface area contributed by atoms with Gasteiger partial charge in [-0.1, -0.05) is 41.7 Å². The van der Waals surface area contributed by atoms with Crippen LogP contribution < -0.4 is 5.32 Å². The average Bonchev–Trinajstić information content (AvgIpc) is 3.08. The van der Waals surface area contributed by atoms with Gasteiger partial charge in [0, 0.05) is 25.7 Å². The number of nitrogens with one attached hydrogen (secondary N) is 1. The first kappa shape index (κ1) is 13.5. The Labute approximate surface area is 123 Å². The largest absolute Gasteiger partial charge is 0.356 e. The Morgan fingerprint density at radius 3 is 2.90 bits per heavy atom. The summed E-state index contributed by atoms with van der Waals surface area (Å²) < 4.78 is 0. The molecule has 1 aromatic heterocycles. The summed E-state index contributed by atoms with van der Waals surface area (Å²) in [5, 5.41) is 13.7. The van der Waals surface area contributed by atoms with E-state index in [0.717, 1.165) is 29.6 Å². The van der Waals surface area contributed by atoms with Crippen molar-refractivity contribution in [1.82, 2.24) is 15.1 Å². The fourth-order valence-electron chi connectivity index (χ4n) is 2.61. The van der Waals surface area contributed by atoms with Gasteiger partial charge >= 0.3 is 0 Å². The van der Waals surface area contributed by atoms with E-state index in [9.17, 15) is 0 Å². The van der Waals surface area contributed by atoms with E-state index in [4.69, 9.17) is 0 Å². The Bertz CT molecular complexity index is 540. The highest BCUT2D eigenvalue weighted by Gasteiger charge is 2.22. The van der Waals surface area contributed by atoms with Crippen molar-refractivity contribution in [3.05, 3.63) is 40.9 Å². The van der Waals surface area contributed by atoms with E-state index >= 15 is 0 Å². The van der Waals surface area contributed by atoms with Crippen LogP contribution in [0.5, 0.6) is 0 Å². The minimum absolute atomic E-state index is 0.512. The maximum absolute atomic E-state index is 4.14. The first-order valence-corrected chi connectivity index (χ1v) is 7.94. The highest BCUT2D eigenvalue weighted by molar-refractivity contribution is 7.15. The van der Waals surface area contributed by atoms with Crippen LogP contribution in [0.2, 0.25) is 0 Å². The van der Waals surface area contributed by atoms with Crippen molar-refractivity contribution >= 4 is 16.5 Å². The summed E-state index contributed by atoms with van der Waals surface area (Å²) in [6.07, 6.45) is 2.32. The van der Waals surface area contributed by atoms with E-state index < -0.39 is 0 Å². The van der Waals surface area contributed by atoms with E-state index in [1.165, 1.54) is 18.5 Å². The molecule has 1 aromatic carbocycles. The monoisotopic (exact) mass is 288 g/mol. The van der Waals surface area contributed by atoms with Gasteiger partial charge in [0.1, 0.15) is 5.01 Å². The van der Waals surface area contributed by atoms with E-state index in [1.54, 1.807) is 11.3 Å². The molecule has 1 aliphatic rings. The summed E-state index contributed by atoms with van der Waals surface area (Å²) in [6.45, 7) is 5.40. The predicted molar refractivity (Wildman–Crippen MR) is 83.3 cm³/mol. The van der Waals surface area contributed by atoms with E-state index in [-0.39, 0.29) is 0 Å². The second-order valence-electron chi connectivity index (χ2n) is 5.29. The van der Waals surface area contributed by atoms with Gasteiger partial charge in [0.25, 0.3) is 0 Å². The van der Waals surface area contributed by atoms with Crippen LogP contribution in [0.25, 0.3) is 0 Å². The molecule has 2 aromatic rings. The van der Waals surface area contributed by atoms with Gasteiger partial charge in [-0.05, 0) is 25.3 Å². The van der Waals surface area contributed by atoms with Crippen molar-refractivity contribution in [2.24, 2.45) is 0 Å². The van der Waals surface area contributed by atoms with Crippen molar-refractivity contribution in [2.75, 3.05) is 25.0 Å². The maximum Gasteiger partial charge on any atom is 0.205 e. The Morgan fingerprint density at radius 2 is 2.15 bits per heavy atom. The number of nitrogens with zero attached hydrogens (tertiary/aromatic N) is 3. The zero-order valence-electron chi connectivity index (χ0n) is 11.7. The van der Waals surface area contributed by atoms with Gasteiger partial charge in [-0.3, -0.25) is 0 Å². The number of aromatic nitrogens is 2. The average molecular weight is 288 g/mol. The molecule has 3 rings (SSSR count). The third-order valence-corrected chi connectivity index (χ3v) is 4.46. The Morgan fingerprint density at radius 1 is 1.30 bits per heavy atom. The summed E-state index contributed by atoms with van der Waals surface area (Å²) in [5.41, 5.74) is 1.42. The lowest BCUT2D eigenvalue weighted by Gasteiger charge is -2.16. The summed E-state index contributed by atoms with van der Waals surface area (Å²) in [4.78, 5) is 2.53.